The third kappa shape index (κ3) is 4.26. The first-order chi connectivity index (χ1) is 13.0. The number of hydrogen-bond donors (Lipinski definition) is 1. The number of benzene rings is 1. The molecule has 0 aromatic heterocycles. The van der Waals surface area contributed by atoms with Crippen LogP contribution in [0.5, 0.6) is 5.75 Å². The minimum atomic E-state index is 0.0483. The highest BCUT2D eigenvalue weighted by Crippen LogP contribution is 2.40. The zero-order chi connectivity index (χ0) is 19.4. The predicted octanol–water partition coefficient (Wildman–Crippen LogP) is 2.23. The number of aryl methyl sites for hydroxylation is 1. The van der Waals surface area contributed by atoms with Gasteiger partial charge in [-0.2, -0.15) is 0 Å². The van der Waals surface area contributed by atoms with Gasteiger partial charge in [-0.3, -0.25) is 9.59 Å². The molecule has 0 unspecified atom stereocenters. The van der Waals surface area contributed by atoms with Crippen molar-refractivity contribution >= 4 is 11.8 Å². The number of aliphatic hydroxyl groups excluding tert-OH is 1. The zero-order valence-corrected chi connectivity index (χ0v) is 16.4. The highest BCUT2D eigenvalue weighted by Gasteiger charge is 2.41. The maximum absolute atomic E-state index is 12.9. The summed E-state index contributed by atoms with van der Waals surface area (Å²) < 4.78 is 5.34. The third-order valence-electron chi connectivity index (χ3n) is 6.10. The average Bonchev–Trinajstić information content (AvgIpc) is 2.69. The minimum Gasteiger partial charge on any atom is -0.496 e. The lowest BCUT2D eigenvalue weighted by Crippen LogP contribution is -2.52. The van der Waals surface area contributed by atoms with Gasteiger partial charge in [0.05, 0.1) is 7.11 Å². The van der Waals surface area contributed by atoms with Crippen molar-refractivity contribution in [1.29, 1.82) is 0 Å². The number of carbonyl (C=O) groups excluding carboxylic acids is 2. The summed E-state index contributed by atoms with van der Waals surface area (Å²) in [7, 11) is 1.62. The van der Waals surface area contributed by atoms with Crippen LogP contribution >= 0.6 is 0 Å². The minimum absolute atomic E-state index is 0.0483. The topological polar surface area (TPSA) is 70.1 Å². The van der Waals surface area contributed by atoms with E-state index in [9.17, 15) is 9.59 Å². The first-order valence-corrected chi connectivity index (χ1v) is 9.80. The second kappa shape index (κ2) is 8.30. The monoisotopic (exact) mass is 374 g/mol. The molecule has 6 nitrogen and oxygen atoms in total. The molecule has 0 atom stereocenters. The number of rotatable bonds is 5. The molecule has 2 aliphatic rings. The van der Waals surface area contributed by atoms with Gasteiger partial charge in [0.2, 0.25) is 5.91 Å². The van der Waals surface area contributed by atoms with Gasteiger partial charge in [-0.25, -0.2) is 0 Å². The van der Waals surface area contributed by atoms with Crippen molar-refractivity contribution in [1.82, 2.24) is 9.80 Å². The second-order valence-electron chi connectivity index (χ2n) is 7.87. The van der Waals surface area contributed by atoms with Crippen molar-refractivity contribution in [3.05, 3.63) is 29.3 Å². The summed E-state index contributed by atoms with van der Waals surface area (Å²) >= 11 is 0. The summed E-state index contributed by atoms with van der Waals surface area (Å²) in [6, 6.07) is 5.60. The highest BCUT2D eigenvalue weighted by molar-refractivity contribution is 5.94. The van der Waals surface area contributed by atoms with E-state index in [0.29, 0.717) is 24.9 Å². The number of likely N-dealkylation sites (tertiary alicyclic amines) is 2. The first-order valence-electron chi connectivity index (χ1n) is 9.80. The maximum Gasteiger partial charge on any atom is 0.253 e. The normalized spacial score (nSPS) is 19.4. The van der Waals surface area contributed by atoms with Crippen molar-refractivity contribution in [2.75, 3.05) is 39.9 Å². The predicted molar refractivity (Wildman–Crippen MR) is 103 cm³/mol. The fourth-order valence-electron chi connectivity index (χ4n) is 4.30. The van der Waals surface area contributed by atoms with Gasteiger partial charge < -0.3 is 19.6 Å². The number of nitrogens with zero attached hydrogens (tertiary/aromatic N) is 2. The number of aliphatic hydroxyl groups is 1. The Kier molecular flexibility index (Phi) is 6.05. The Morgan fingerprint density at radius 1 is 1.26 bits per heavy atom. The molecule has 2 fully saturated rings. The summed E-state index contributed by atoms with van der Waals surface area (Å²) in [5.74, 6) is 0.978. The van der Waals surface area contributed by atoms with Gasteiger partial charge >= 0.3 is 0 Å². The molecule has 0 radical (unpaired) electrons. The molecule has 27 heavy (non-hydrogen) atoms. The molecule has 148 valence electrons. The number of piperidine rings is 2. The van der Waals surface area contributed by atoms with Crippen LogP contribution in [0, 0.1) is 12.3 Å². The van der Waals surface area contributed by atoms with E-state index in [4.69, 9.17) is 9.84 Å². The van der Waals surface area contributed by atoms with Crippen molar-refractivity contribution < 1.29 is 19.4 Å². The van der Waals surface area contributed by atoms with Crippen LogP contribution in [0.25, 0.3) is 0 Å². The van der Waals surface area contributed by atoms with Crippen LogP contribution in [0.15, 0.2) is 18.2 Å². The quantitative estimate of drug-likeness (QED) is 0.858. The smallest absolute Gasteiger partial charge is 0.253 e. The van der Waals surface area contributed by atoms with Crippen LogP contribution < -0.4 is 4.74 Å². The molecule has 1 aromatic carbocycles. The van der Waals surface area contributed by atoms with E-state index in [2.05, 4.69) is 0 Å². The molecule has 0 bridgehead atoms. The third-order valence-corrected chi connectivity index (χ3v) is 6.10. The van der Waals surface area contributed by atoms with E-state index in [0.717, 1.165) is 50.2 Å². The van der Waals surface area contributed by atoms with E-state index in [1.807, 2.05) is 34.9 Å². The van der Waals surface area contributed by atoms with E-state index >= 15 is 0 Å². The van der Waals surface area contributed by atoms with Gasteiger partial charge in [0.25, 0.3) is 5.91 Å². The number of carbonyl (C=O) groups is 2. The van der Waals surface area contributed by atoms with Gasteiger partial charge in [0.1, 0.15) is 5.75 Å². The number of methoxy groups -OCH3 is 1. The van der Waals surface area contributed by atoms with E-state index in [-0.39, 0.29) is 23.8 Å². The van der Waals surface area contributed by atoms with Crippen LogP contribution in [0.1, 0.15) is 48.0 Å². The fraction of sp³-hybridized carbons (Fsp3) is 0.619. The molecule has 1 aromatic rings. The fourth-order valence-corrected chi connectivity index (χ4v) is 4.30. The molecule has 2 aliphatic heterocycles. The average molecular weight is 374 g/mol. The van der Waals surface area contributed by atoms with Crippen LogP contribution in [-0.2, 0) is 4.79 Å². The van der Waals surface area contributed by atoms with Gasteiger partial charge in [0, 0.05) is 44.8 Å². The Labute approximate surface area is 161 Å². The molecule has 2 amide bonds. The molecular formula is C21H30N2O4. The lowest BCUT2D eigenvalue weighted by molar-refractivity contribution is -0.139. The highest BCUT2D eigenvalue weighted by atomic mass is 16.5. The molecule has 1 N–H and O–H groups in total. The van der Waals surface area contributed by atoms with Gasteiger partial charge in [-0.15, -0.1) is 0 Å². The van der Waals surface area contributed by atoms with Crippen LogP contribution in [0.2, 0.25) is 0 Å². The zero-order valence-electron chi connectivity index (χ0n) is 16.4. The summed E-state index contributed by atoms with van der Waals surface area (Å²) in [6.07, 6.45) is 3.95. The van der Waals surface area contributed by atoms with E-state index in [1.165, 1.54) is 0 Å². The molecule has 6 heteroatoms. The number of hydrogen-bond acceptors (Lipinski definition) is 4. The Hall–Kier alpha value is -2.08. The standard InChI is InChI=1S/C21H30N2O4/c1-16-4-5-17(14-18(16)27-2)20(26)22-11-8-21(9-12-22)7-6-19(25)23(15-21)10-3-13-24/h4-5,14,24H,3,6-13,15H2,1-2H3. The molecule has 1 spiro atoms. The van der Waals surface area contributed by atoms with Crippen molar-refractivity contribution in [2.45, 2.75) is 39.0 Å². The summed E-state index contributed by atoms with van der Waals surface area (Å²) in [4.78, 5) is 28.9. The van der Waals surface area contributed by atoms with Crippen molar-refractivity contribution in [3.8, 4) is 5.75 Å². The van der Waals surface area contributed by atoms with E-state index in [1.54, 1.807) is 7.11 Å². The van der Waals surface area contributed by atoms with E-state index < -0.39 is 0 Å². The summed E-state index contributed by atoms with van der Waals surface area (Å²) in [6.45, 7) is 4.90. The summed E-state index contributed by atoms with van der Waals surface area (Å²) in [5, 5.41) is 9.05. The Morgan fingerprint density at radius 2 is 2.00 bits per heavy atom. The molecule has 2 heterocycles. The molecule has 0 aliphatic carbocycles. The van der Waals surface area contributed by atoms with Crippen molar-refractivity contribution in [2.24, 2.45) is 5.41 Å². The lowest BCUT2D eigenvalue weighted by atomic mass is 9.72. The van der Waals surface area contributed by atoms with Crippen LogP contribution in [-0.4, -0.2) is 66.6 Å². The lowest BCUT2D eigenvalue weighted by Gasteiger charge is -2.47. The van der Waals surface area contributed by atoms with Crippen LogP contribution in [0.3, 0.4) is 0 Å². The van der Waals surface area contributed by atoms with Gasteiger partial charge in [0.15, 0.2) is 0 Å². The number of ether oxygens (including phenoxy) is 1. The van der Waals surface area contributed by atoms with Crippen molar-refractivity contribution in [3.63, 3.8) is 0 Å². The Morgan fingerprint density at radius 3 is 2.67 bits per heavy atom. The van der Waals surface area contributed by atoms with Gasteiger partial charge in [-0.1, -0.05) is 6.07 Å². The largest absolute Gasteiger partial charge is 0.496 e. The SMILES string of the molecule is COc1cc(C(=O)N2CCC3(CCC(=O)N(CCCO)C3)CC2)ccc1C. The number of amides is 2. The van der Waals surface area contributed by atoms with Crippen LogP contribution in [0.4, 0.5) is 0 Å². The second-order valence-corrected chi connectivity index (χ2v) is 7.87. The molecule has 2 saturated heterocycles. The molecule has 0 saturated carbocycles. The van der Waals surface area contributed by atoms with Gasteiger partial charge in [-0.05, 0) is 55.7 Å². The summed E-state index contributed by atoms with van der Waals surface area (Å²) in [5.41, 5.74) is 1.80. The molecular weight excluding hydrogens is 344 g/mol. The maximum atomic E-state index is 12.9. The Bertz CT molecular complexity index is 695. The first kappa shape index (κ1) is 19.7. The molecule has 3 rings (SSSR count). The Balaban J connectivity index is 1.62.